The third-order valence-corrected chi connectivity index (χ3v) is 4.36. The van der Waals surface area contributed by atoms with Crippen molar-refractivity contribution in [3.8, 4) is 0 Å². The van der Waals surface area contributed by atoms with Gasteiger partial charge in [0.2, 0.25) is 10.0 Å². The molecular formula is C13H15ClN2O3S. The van der Waals surface area contributed by atoms with Gasteiger partial charge in [-0.15, -0.1) is 0 Å². The third-order valence-electron chi connectivity index (χ3n) is 2.59. The zero-order valence-electron chi connectivity index (χ0n) is 10.9. The standard InChI is InChI=1S/C13H15ClN2O3S/c1-2-16-20(17,18)12-6-3-10(4-7-12)15-9-11-5-8-13(14)19-11/h3-8,15-16H,2,9H2,1H3. The Morgan fingerprint density at radius 1 is 1.15 bits per heavy atom. The summed E-state index contributed by atoms with van der Waals surface area (Å²) in [4.78, 5) is 0.242. The molecule has 0 aliphatic heterocycles. The summed E-state index contributed by atoms with van der Waals surface area (Å²) < 4.78 is 31.2. The molecule has 108 valence electrons. The van der Waals surface area contributed by atoms with Crippen LogP contribution in [0.3, 0.4) is 0 Å². The Hall–Kier alpha value is -1.50. The topological polar surface area (TPSA) is 71.3 Å². The molecule has 2 aromatic rings. The molecular weight excluding hydrogens is 300 g/mol. The van der Waals surface area contributed by atoms with E-state index in [2.05, 4.69) is 10.0 Å². The van der Waals surface area contributed by atoms with E-state index in [0.717, 1.165) is 5.69 Å². The van der Waals surface area contributed by atoms with Gasteiger partial charge >= 0.3 is 0 Å². The number of halogens is 1. The lowest BCUT2D eigenvalue weighted by molar-refractivity contribution is 0.520. The maximum Gasteiger partial charge on any atom is 0.240 e. The van der Waals surface area contributed by atoms with Gasteiger partial charge in [-0.05, 0) is 48.0 Å². The summed E-state index contributed by atoms with van der Waals surface area (Å²) in [7, 11) is -3.40. The van der Waals surface area contributed by atoms with Crippen molar-refractivity contribution in [2.45, 2.75) is 18.4 Å². The number of benzene rings is 1. The first-order valence-electron chi connectivity index (χ1n) is 6.09. The number of sulfonamides is 1. The van der Waals surface area contributed by atoms with Crippen LogP contribution in [-0.4, -0.2) is 15.0 Å². The molecule has 7 heteroatoms. The molecule has 1 aromatic carbocycles. The Kier molecular flexibility index (Phi) is 4.69. The molecule has 0 aliphatic rings. The van der Waals surface area contributed by atoms with Crippen LogP contribution in [0.5, 0.6) is 0 Å². The van der Waals surface area contributed by atoms with E-state index in [9.17, 15) is 8.42 Å². The van der Waals surface area contributed by atoms with Crippen molar-refractivity contribution in [3.05, 3.63) is 47.4 Å². The fraction of sp³-hybridized carbons (Fsp3) is 0.231. The quantitative estimate of drug-likeness (QED) is 0.860. The van der Waals surface area contributed by atoms with Gasteiger partial charge in [0, 0.05) is 12.2 Å². The number of rotatable bonds is 6. The van der Waals surface area contributed by atoms with Crippen LogP contribution >= 0.6 is 11.6 Å². The van der Waals surface area contributed by atoms with Gasteiger partial charge in [0.1, 0.15) is 5.76 Å². The monoisotopic (exact) mass is 314 g/mol. The fourth-order valence-electron chi connectivity index (χ4n) is 1.66. The second-order valence-corrected chi connectivity index (χ2v) is 6.22. The minimum absolute atomic E-state index is 0.242. The first-order chi connectivity index (χ1) is 9.51. The lowest BCUT2D eigenvalue weighted by atomic mass is 10.3. The molecule has 0 saturated carbocycles. The van der Waals surface area contributed by atoms with Crippen LogP contribution in [0.1, 0.15) is 12.7 Å². The Morgan fingerprint density at radius 3 is 2.40 bits per heavy atom. The summed E-state index contributed by atoms with van der Waals surface area (Å²) in [6.07, 6.45) is 0. The summed E-state index contributed by atoms with van der Waals surface area (Å²) in [5.74, 6) is 0.708. The second-order valence-electron chi connectivity index (χ2n) is 4.09. The highest BCUT2D eigenvalue weighted by molar-refractivity contribution is 7.89. The normalized spacial score (nSPS) is 11.5. The predicted molar refractivity (Wildman–Crippen MR) is 78.3 cm³/mol. The number of anilines is 1. The van der Waals surface area contributed by atoms with Crippen LogP contribution < -0.4 is 10.0 Å². The SMILES string of the molecule is CCNS(=O)(=O)c1ccc(NCc2ccc(Cl)o2)cc1. The van der Waals surface area contributed by atoms with Gasteiger partial charge in [-0.1, -0.05) is 6.92 Å². The van der Waals surface area contributed by atoms with Gasteiger partial charge in [-0.2, -0.15) is 0 Å². The first-order valence-corrected chi connectivity index (χ1v) is 7.95. The minimum atomic E-state index is -3.40. The Balaban J connectivity index is 2.01. The maximum absolute atomic E-state index is 11.8. The van der Waals surface area contributed by atoms with Gasteiger partial charge in [0.05, 0.1) is 11.4 Å². The van der Waals surface area contributed by atoms with Crippen molar-refractivity contribution >= 4 is 27.3 Å². The van der Waals surface area contributed by atoms with Crippen LogP contribution in [-0.2, 0) is 16.6 Å². The molecule has 1 aromatic heterocycles. The van der Waals surface area contributed by atoms with E-state index in [-0.39, 0.29) is 4.90 Å². The Bertz CT molecular complexity index is 665. The molecule has 0 unspecified atom stereocenters. The molecule has 0 amide bonds. The van der Waals surface area contributed by atoms with Gasteiger partial charge in [0.25, 0.3) is 0 Å². The van der Waals surface area contributed by atoms with E-state index in [1.807, 2.05) is 0 Å². The lowest BCUT2D eigenvalue weighted by Gasteiger charge is -2.07. The predicted octanol–water partition coefficient (Wildman–Crippen LogP) is 2.84. The number of hydrogen-bond donors (Lipinski definition) is 2. The van der Waals surface area contributed by atoms with Crippen molar-refractivity contribution in [2.75, 3.05) is 11.9 Å². The largest absolute Gasteiger partial charge is 0.448 e. The summed E-state index contributed by atoms with van der Waals surface area (Å²) in [5, 5.41) is 3.46. The van der Waals surface area contributed by atoms with Gasteiger partial charge < -0.3 is 9.73 Å². The van der Waals surface area contributed by atoms with Crippen LogP contribution in [0.25, 0.3) is 0 Å². The van der Waals surface area contributed by atoms with E-state index in [1.54, 1.807) is 43.3 Å². The van der Waals surface area contributed by atoms with Crippen LogP contribution in [0, 0.1) is 0 Å². The summed E-state index contributed by atoms with van der Waals surface area (Å²) in [6.45, 7) is 2.58. The second kappa shape index (κ2) is 6.30. The van der Waals surface area contributed by atoms with Crippen molar-refractivity contribution in [1.82, 2.24) is 4.72 Å². The third kappa shape index (κ3) is 3.75. The number of hydrogen-bond acceptors (Lipinski definition) is 4. The summed E-state index contributed by atoms with van der Waals surface area (Å²) >= 11 is 5.67. The van der Waals surface area contributed by atoms with E-state index in [0.29, 0.717) is 24.1 Å². The fourth-order valence-corrected chi connectivity index (χ4v) is 2.86. The lowest BCUT2D eigenvalue weighted by Crippen LogP contribution is -2.23. The highest BCUT2D eigenvalue weighted by atomic mass is 35.5. The number of furan rings is 1. The summed E-state index contributed by atoms with van der Waals surface area (Å²) in [5.41, 5.74) is 0.799. The molecule has 0 aliphatic carbocycles. The average molecular weight is 315 g/mol. The molecule has 5 nitrogen and oxygen atoms in total. The van der Waals surface area contributed by atoms with Crippen molar-refractivity contribution in [2.24, 2.45) is 0 Å². The molecule has 0 saturated heterocycles. The molecule has 0 fully saturated rings. The molecule has 0 radical (unpaired) electrons. The van der Waals surface area contributed by atoms with Crippen molar-refractivity contribution in [3.63, 3.8) is 0 Å². The first kappa shape index (κ1) is 14.9. The highest BCUT2D eigenvalue weighted by Gasteiger charge is 2.11. The molecule has 2 N–H and O–H groups in total. The molecule has 0 bridgehead atoms. The zero-order valence-corrected chi connectivity index (χ0v) is 12.5. The summed E-state index contributed by atoms with van der Waals surface area (Å²) in [6, 6.07) is 9.96. The van der Waals surface area contributed by atoms with E-state index >= 15 is 0 Å². The van der Waals surface area contributed by atoms with E-state index < -0.39 is 10.0 Å². The van der Waals surface area contributed by atoms with Crippen molar-refractivity contribution < 1.29 is 12.8 Å². The Labute approximate surface area is 123 Å². The molecule has 0 atom stereocenters. The highest BCUT2D eigenvalue weighted by Crippen LogP contribution is 2.17. The zero-order chi connectivity index (χ0) is 14.6. The van der Waals surface area contributed by atoms with Crippen LogP contribution in [0.2, 0.25) is 5.22 Å². The molecule has 2 rings (SSSR count). The maximum atomic E-state index is 11.8. The Morgan fingerprint density at radius 2 is 1.85 bits per heavy atom. The van der Waals surface area contributed by atoms with Gasteiger partial charge in [0.15, 0.2) is 5.22 Å². The number of nitrogens with one attached hydrogen (secondary N) is 2. The van der Waals surface area contributed by atoms with E-state index in [4.69, 9.17) is 16.0 Å². The van der Waals surface area contributed by atoms with Crippen LogP contribution in [0.4, 0.5) is 5.69 Å². The average Bonchev–Trinajstić information content (AvgIpc) is 2.83. The van der Waals surface area contributed by atoms with E-state index in [1.165, 1.54) is 0 Å². The minimum Gasteiger partial charge on any atom is -0.448 e. The smallest absolute Gasteiger partial charge is 0.240 e. The van der Waals surface area contributed by atoms with Crippen molar-refractivity contribution in [1.29, 1.82) is 0 Å². The molecule has 1 heterocycles. The molecule has 0 spiro atoms. The van der Waals surface area contributed by atoms with Gasteiger partial charge in [-0.3, -0.25) is 0 Å². The van der Waals surface area contributed by atoms with Gasteiger partial charge in [-0.25, -0.2) is 13.1 Å². The molecule has 20 heavy (non-hydrogen) atoms. The van der Waals surface area contributed by atoms with Crippen LogP contribution in [0.15, 0.2) is 45.7 Å².